The fourth-order valence-corrected chi connectivity index (χ4v) is 3.20. The van der Waals surface area contributed by atoms with Gasteiger partial charge >= 0.3 is 12.1 Å². The van der Waals surface area contributed by atoms with Gasteiger partial charge in [0.15, 0.2) is 6.61 Å². The molecule has 3 amide bonds. The summed E-state index contributed by atoms with van der Waals surface area (Å²) in [5.41, 5.74) is 2.32. The van der Waals surface area contributed by atoms with Crippen LogP contribution in [-0.4, -0.2) is 36.5 Å². The molecule has 0 saturated carbocycles. The van der Waals surface area contributed by atoms with Crippen LogP contribution >= 0.6 is 0 Å². The molecule has 1 atom stereocenters. The number of rotatable bonds is 10. The van der Waals surface area contributed by atoms with Gasteiger partial charge in [0.05, 0.1) is 6.42 Å². The minimum absolute atomic E-state index is 0.0198. The number of benzene rings is 3. The van der Waals surface area contributed by atoms with Crippen molar-refractivity contribution in [3.8, 4) is 0 Å². The summed E-state index contributed by atoms with van der Waals surface area (Å²) in [6, 6.07) is 26.0. The second kappa shape index (κ2) is 13.3. The minimum Gasteiger partial charge on any atom is -0.454 e. The molecule has 0 aromatic heterocycles. The first kappa shape index (κ1) is 25.2. The van der Waals surface area contributed by atoms with E-state index in [1.165, 1.54) is 0 Å². The first-order valence-corrected chi connectivity index (χ1v) is 11.0. The van der Waals surface area contributed by atoms with Crippen LogP contribution in [0.25, 0.3) is 0 Å². The lowest BCUT2D eigenvalue weighted by Gasteiger charge is -2.18. The lowest BCUT2D eigenvalue weighted by molar-refractivity contribution is -0.151. The zero-order valence-electron chi connectivity index (χ0n) is 19.0. The highest BCUT2D eigenvalue weighted by atomic mass is 16.6. The number of hydrogen-bond donors (Lipinski definition) is 2. The maximum Gasteiger partial charge on any atom is 0.408 e. The van der Waals surface area contributed by atoms with E-state index in [1.807, 2.05) is 30.3 Å². The molecule has 0 saturated heterocycles. The molecule has 0 unspecified atom stereocenters. The van der Waals surface area contributed by atoms with E-state index in [9.17, 15) is 19.2 Å². The molecule has 0 spiro atoms. The number of carbonyl (C=O) groups is 4. The van der Waals surface area contributed by atoms with Gasteiger partial charge in [-0.25, -0.2) is 9.59 Å². The lowest BCUT2D eigenvalue weighted by Crippen LogP contribution is -2.45. The van der Waals surface area contributed by atoms with E-state index in [0.29, 0.717) is 0 Å². The molecule has 2 N–H and O–H groups in total. The number of hydrogen-bond acceptors (Lipinski definition) is 6. The molecule has 3 aromatic carbocycles. The predicted molar refractivity (Wildman–Crippen MR) is 128 cm³/mol. The first-order valence-electron chi connectivity index (χ1n) is 11.0. The molecule has 8 nitrogen and oxygen atoms in total. The zero-order chi connectivity index (χ0) is 24.9. The Morgan fingerprint density at radius 1 is 0.657 bits per heavy atom. The molecule has 0 fully saturated rings. The van der Waals surface area contributed by atoms with Crippen LogP contribution in [0.5, 0.6) is 0 Å². The van der Waals surface area contributed by atoms with Gasteiger partial charge in [0.1, 0.15) is 12.6 Å². The molecular formula is C27H26N2O6. The summed E-state index contributed by atoms with van der Waals surface area (Å²) in [7, 11) is 0. The van der Waals surface area contributed by atoms with E-state index in [2.05, 4.69) is 10.6 Å². The normalized spacial score (nSPS) is 11.1. The number of imide groups is 1. The molecule has 3 rings (SSSR count). The van der Waals surface area contributed by atoms with Crippen LogP contribution in [0.15, 0.2) is 91.0 Å². The standard InChI is InChI=1S/C27H26N2O6/c30-24(17-21-12-6-2-7-13-21)29-25(31)19-34-26(32)23(16-20-10-4-1-5-11-20)28-27(33)35-18-22-14-8-3-9-15-22/h1-15,23H,16-19H2,(H,28,33)(H,29,30,31)/t23-/m0/s1. The second-order valence-corrected chi connectivity index (χ2v) is 7.69. The second-order valence-electron chi connectivity index (χ2n) is 7.69. The summed E-state index contributed by atoms with van der Waals surface area (Å²) < 4.78 is 10.3. The van der Waals surface area contributed by atoms with Gasteiger partial charge in [-0.05, 0) is 16.7 Å². The quantitative estimate of drug-likeness (QED) is 0.437. The third kappa shape index (κ3) is 9.13. The molecule has 35 heavy (non-hydrogen) atoms. The Balaban J connectivity index is 1.52. The monoisotopic (exact) mass is 474 g/mol. The van der Waals surface area contributed by atoms with E-state index in [4.69, 9.17) is 9.47 Å². The average molecular weight is 475 g/mol. The SMILES string of the molecule is O=C(COC(=O)[C@H](Cc1ccccc1)NC(=O)OCc1ccccc1)NC(=O)Cc1ccccc1. The predicted octanol–water partition coefficient (Wildman–Crippen LogP) is 2.95. The molecule has 3 aromatic rings. The van der Waals surface area contributed by atoms with Crippen LogP contribution in [0.2, 0.25) is 0 Å². The zero-order valence-corrected chi connectivity index (χ0v) is 19.0. The number of ether oxygens (including phenoxy) is 2. The largest absolute Gasteiger partial charge is 0.454 e. The molecule has 0 aliphatic heterocycles. The van der Waals surface area contributed by atoms with E-state index >= 15 is 0 Å². The number of esters is 1. The third-order valence-corrected chi connectivity index (χ3v) is 4.90. The summed E-state index contributed by atoms with van der Waals surface area (Å²) in [5, 5.41) is 4.68. The fourth-order valence-electron chi connectivity index (χ4n) is 3.20. The van der Waals surface area contributed by atoms with Crippen LogP contribution in [0, 0.1) is 0 Å². The maximum absolute atomic E-state index is 12.7. The lowest BCUT2D eigenvalue weighted by atomic mass is 10.1. The molecule has 0 bridgehead atoms. The highest BCUT2D eigenvalue weighted by molar-refractivity contribution is 5.97. The van der Waals surface area contributed by atoms with Crippen molar-refractivity contribution in [2.24, 2.45) is 0 Å². The molecule has 0 radical (unpaired) electrons. The van der Waals surface area contributed by atoms with Crippen molar-refractivity contribution in [1.82, 2.24) is 10.6 Å². The van der Waals surface area contributed by atoms with Crippen LogP contribution in [0.1, 0.15) is 16.7 Å². The fraction of sp³-hybridized carbons (Fsp3) is 0.185. The Bertz CT molecular complexity index is 1120. The Morgan fingerprint density at radius 3 is 1.80 bits per heavy atom. The summed E-state index contributed by atoms with van der Waals surface area (Å²) in [6.07, 6.45) is -0.644. The molecular weight excluding hydrogens is 448 g/mol. The van der Waals surface area contributed by atoms with Crippen LogP contribution in [0.3, 0.4) is 0 Å². The minimum atomic E-state index is -1.09. The summed E-state index contributed by atoms with van der Waals surface area (Å²) >= 11 is 0. The van der Waals surface area contributed by atoms with Crippen molar-refractivity contribution in [2.45, 2.75) is 25.5 Å². The number of nitrogens with one attached hydrogen (secondary N) is 2. The van der Waals surface area contributed by atoms with Gasteiger partial charge in [0.25, 0.3) is 5.91 Å². The van der Waals surface area contributed by atoms with Crippen LogP contribution < -0.4 is 10.6 Å². The summed E-state index contributed by atoms with van der Waals surface area (Å²) in [4.78, 5) is 49.1. The topological polar surface area (TPSA) is 111 Å². The molecule has 0 aliphatic rings. The van der Waals surface area contributed by atoms with Gasteiger partial charge in [-0.1, -0.05) is 91.0 Å². The van der Waals surface area contributed by atoms with E-state index in [1.54, 1.807) is 60.7 Å². The Labute approximate surface area is 203 Å². The Hall–Kier alpha value is -4.46. The van der Waals surface area contributed by atoms with Crippen molar-refractivity contribution in [3.05, 3.63) is 108 Å². The Morgan fingerprint density at radius 2 is 1.20 bits per heavy atom. The number of alkyl carbamates (subject to hydrolysis) is 1. The molecule has 180 valence electrons. The van der Waals surface area contributed by atoms with E-state index < -0.39 is 36.5 Å². The first-order chi connectivity index (χ1) is 17.0. The van der Waals surface area contributed by atoms with Gasteiger partial charge in [-0.15, -0.1) is 0 Å². The highest BCUT2D eigenvalue weighted by Gasteiger charge is 2.24. The smallest absolute Gasteiger partial charge is 0.408 e. The molecule has 0 aliphatic carbocycles. The van der Waals surface area contributed by atoms with E-state index in [-0.39, 0.29) is 19.4 Å². The van der Waals surface area contributed by atoms with Crippen LogP contribution in [0.4, 0.5) is 4.79 Å². The van der Waals surface area contributed by atoms with Gasteiger partial charge in [0.2, 0.25) is 5.91 Å². The van der Waals surface area contributed by atoms with Gasteiger partial charge in [0, 0.05) is 6.42 Å². The van der Waals surface area contributed by atoms with Crippen molar-refractivity contribution >= 4 is 23.9 Å². The third-order valence-electron chi connectivity index (χ3n) is 4.90. The van der Waals surface area contributed by atoms with Gasteiger partial charge in [-0.2, -0.15) is 0 Å². The molecule has 8 heteroatoms. The maximum atomic E-state index is 12.7. The van der Waals surface area contributed by atoms with Gasteiger partial charge < -0.3 is 14.8 Å². The highest BCUT2D eigenvalue weighted by Crippen LogP contribution is 2.07. The van der Waals surface area contributed by atoms with Crippen molar-refractivity contribution in [1.29, 1.82) is 0 Å². The average Bonchev–Trinajstić information content (AvgIpc) is 2.87. The van der Waals surface area contributed by atoms with Crippen molar-refractivity contribution in [2.75, 3.05) is 6.61 Å². The van der Waals surface area contributed by atoms with Crippen molar-refractivity contribution < 1.29 is 28.7 Å². The number of carbonyl (C=O) groups excluding carboxylic acids is 4. The summed E-state index contributed by atoms with van der Waals surface area (Å²) in [5.74, 6) is -2.10. The Kier molecular flexibility index (Phi) is 9.56. The van der Waals surface area contributed by atoms with E-state index in [0.717, 1.165) is 16.7 Å². The van der Waals surface area contributed by atoms with Crippen LogP contribution in [-0.2, 0) is 43.3 Å². The molecule has 0 heterocycles. The van der Waals surface area contributed by atoms with Gasteiger partial charge in [-0.3, -0.25) is 14.9 Å². The summed E-state index contributed by atoms with van der Waals surface area (Å²) in [6.45, 7) is -0.628. The van der Waals surface area contributed by atoms with Crippen molar-refractivity contribution in [3.63, 3.8) is 0 Å². The number of amides is 3.